The Morgan fingerprint density at radius 3 is 2.76 bits per heavy atom. The van der Waals surface area contributed by atoms with Gasteiger partial charge < -0.3 is 5.11 Å². The SMILES string of the molecule is Cc1ccc2nc(-c3ccccc3O)sc2c1. The second-order valence-corrected chi connectivity index (χ2v) is 5.04. The molecule has 1 heterocycles. The molecule has 3 aromatic rings. The van der Waals surface area contributed by atoms with E-state index < -0.39 is 0 Å². The van der Waals surface area contributed by atoms with Crippen LogP contribution in [0.2, 0.25) is 0 Å². The van der Waals surface area contributed by atoms with Crippen molar-refractivity contribution >= 4 is 21.6 Å². The predicted octanol–water partition coefficient (Wildman–Crippen LogP) is 3.98. The third-order valence-electron chi connectivity index (χ3n) is 2.68. The molecule has 0 bridgehead atoms. The van der Waals surface area contributed by atoms with Gasteiger partial charge in [-0.3, -0.25) is 0 Å². The molecule has 0 radical (unpaired) electrons. The molecular weight excluding hydrogens is 230 g/mol. The van der Waals surface area contributed by atoms with Crippen LogP contribution >= 0.6 is 11.3 Å². The highest BCUT2D eigenvalue weighted by molar-refractivity contribution is 7.21. The molecule has 2 nitrogen and oxygen atoms in total. The zero-order chi connectivity index (χ0) is 11.8. The number of aromatic nitrogens is 1. The van der Waals surface area contributed by atoms with Crippen molar-refractivity contribution in [3.05, 3.63) is 48.0 Å². The topological polar surface area (TPSA) is 33.1 Å². The number of fused-ring (bicyclic) bond motifs is 1. The lowest BCUT2D eigenvalue weighted by Gasteiger charge is -1.98. The Balaban J connectivity index is 2.22. The average molecular weight is 241 g/mol. The van der Waals surface area contributed by atoms with Gasteiger partial charge in [-0.05, 0) is 36.8 Å². The van der Waals surface area contributed by atoms with Crippen molar-refractivity contribution in [2.45, 2.75) is 6.92 Å². The fourth-order valence-electron chi connectivity index (χ4n) is 1.80. The number of hydrogen-bond acceptors (Lipinski definition) is 3. The summed E-state index contributed by atoms with van der Waals surface area (Å²) in [6.07, 6.45) is 0. The first kappa shape index (κ1) is 10.3. The summed E-state index contributed by atoms with van der Waals surface area (Å²) in [5.74, 6) is 0.281. The molecule has 0 amide bonds. The molecule has 0 aliphatic carbocycles. The quantitative estimate of drug-likeness (QED) is 0.699. The zero-order valence-corrected chi connectivity index (χ0v) is 10.2. The molecule has 0 saturated carbocycles. The first-order valence-electron chi connectivity index (χ1n) is 5.39. The smallest absolute Gasteiger partial charge is 0.128 e. The van der Waals surface area contributed by atoms with E-state index in [-0.39, 0.29) is 5.75 Å². The molecular formula is C14H11NOS. The van der Waals surface area contributed by atoms with E-state index in [2.05, 4.69) is 24.0 Å². The van der Waals surface area contributed by atoms with Crippen molar-refractivity contribution in [2.75, 3.05) is 0 Å². The van der Waals surface area contributed by atoms with Gasteiger partial charge in [-0.1, -0.05) is 18.2 Å². The summed E-state index contributed by atoms with van der Waals surface area (Å²) in [5.41, 5.74) is 3.01. The Labute approximate surface area is 103 Å². The minimum atomic E-state index is 0.281. The van der Waals surface area contributed by atoms with Gasteiger partial charge in [0.05, 0.1) is 15.8 Å². The lowest BCUT2D eigenvalue weighted by atomic mass is 10.2. The zero-order valence-electron chi connectivity index (χ0n) is 9.34. The maximum absolute atomic E-state index is 9.81. The van der Waals surface area contributed by atoms with Crippen molar-refractivity contribution in [2.24, 2.45) is 0 Å². The Morgan fingerprint density at radius 1 is 1.12 bits per heavy atom. The monoisotopic (exact) mass is 241 g/mol. The van der Waals surface area contributed by atoms with Crippen LogP contribution in [0.4, 0.5) is 0 Å². The van der Waals surface area contributed by atoms with Gasteiger partial charge >= 0.3 is 0 Å². The highest BCUT2D eigenvalue weighted by Gasteiger charge is 2.09. The third-order valence-corrected chi connectivity index (χ3v) is 3.73. The van der Waals surface area contributed by atoms with Crippen molar-refractivity contribution in [3.63, 3.8) is 0 Å². The lowest BCUT2D eigenvalue weighted by molar-refractivity contribution is 0.477. The van der Waals surface area contributed by atoms with E-state index in [0.29, 0.717) is 0 Å². The van der Waals surface area contributed by atoms with Crippen LogP contribution in [0.15, 0.2) is 42.5 Å². The summed E-state index contributed by atoms with van der Waals surface area (Å²) < 4.78 is 1.16. The molecule has 0 saturated heterocycles. The number of aromatic hydroxyl groups is 1. The second kappa shape index (κ2) is 3.86. The van der Waals surface area contributed by atoms with Crippen LogP contribution in [0, 0.1) is 6.92 Å². The van der Waals surface area contributed by atoms with E-state index in [0.717, 1.165) is 20.8 Å². The van der Waals surface area contributed by atoms with E-state index in [1.54, 1.807) is 17.4 Å². The number of para-hydroxylation sites is 1. The van der Waals surface area contributed by atoms with E-state index >= 15 is 0 Å². The van der Waals surface area contributed by atoms with Crippen LogP contribution in [-0.2, 0) is 0 Å². The van der Waals surface area contributed by atoms with Crippen LogP contribution in [0.3, 0.4) is 0 Å². The molecule has 0 atom stereocenters. The Bertz CT molecular complexity index is 688. The van der Waals surface area contributed by atoms with Crippen molar-refractivity contribution < 1.29 is 5.11 Å². The van der Waals surface area contributed by atoms with Gasteiger partial charge in [-0.25, -0.2) is 4.98 Å². The van der Waals surface area contributed by atoms with Gasteiger partial charge in [0.25, 0.3) is 0 Å². The highest BCUT2D eigenvalue weighted by atomic mass is 32.1. The molecule has 2 aromatic carbocycles. The fraction of sp³-hybridized carbons (Fsp3) is 0.0714. The number of hydrogen-bond donors (Lipinski definition) is 1. The highest BCUT2D eigenvalue weighted by Crippen LogP contribution is 2.35. The van der Waals surface area contributed by atoms with Crippen LogP contribution in [-0.4, -0.2) is 10.1 Å². The lowest BCUT2D eigenvalue weighted by Crippen LogP contribution is -1.76. The van der Waals surface area contributed by atoms with Gasteiger partial charge in [-0.2, -0.15) is 0 Å². The van der Waals surface area contributed by atoms with E-state index in [9.17, 15) is 5.11 Å². The summed E-state index contributed by atoms with van der Waals surface area (Å²) in [6, 6.07) is 13.5. The number of phenols is 1. The Kier molecular flexibility index (Phi) is 2.34. The normalized spacial score (nSPS) is 10.9. The molecule has 1 N–H and O–H groups in total. The molecule has 0 spiro atoms. The van der Waals surface area contributed by atoms with E-state index in [1.165, 1.54) is 5.56 Å². The van der Waals surface area contributed by atoms with Gasteiger partial charge in [0.2, 0.25) is 0 Å². The first-order chi connectivity index (χ1) is 8.24. The number of rotatable bonds is 1. The molecule has 0 unspecified atom stereocenters. The van der Waals surface area contributed by atoms with E-state index in [1.807, 2.05) is 24.3 Å². The summed E-state index contributed by atoms with van der Waals surface area (Å²) in [5, 5.41) is 10.7. The molecule has 0 aliphatic heterocycles. The number of thiazole rings is 1. The molecule has 17 heavy (non-hydrogen) atoms. The van der Waals surface area contributed by atoms with Gasteiger partial charge in [0.1, 0.15) is 10.8 Å². The molecule has 0 aliphatic rings. The van der Waals surface area contributed by atoms with Crippen molar-refractivity contribution in [1.29, 1.82) is 0 Å². The summed E-state index contributed by atoms with van der Waals surface area (Å²) in [4.78, 5) is 4.54. The summed E-state index contributed by atoms with van der Waals surface area (Å²) in [7, 11) is 0. The summed E-state index contributed by atoms with van der Waals surface area (Å²) >= 11 is 1.61. The van der Waals surface area contributed by atoms with Crippen LogP contribution in [0.25, 0.3) is 20.8 Å². The Hall–Kier alpha value is -1.87. The van der Waals surface area contributed by atoms with Crippen LogP contribution < -0.4 is 0 Å². The van der Waals surface area contributed by atoms with Crippen molar-refractivity contribution in [1.82, 2.24) is 4.98 Å². The fourth-order valence-corrected chi connectivity index (χ4v) is 2.90. The number of aryl methyl sites for hydroxylation is 1. The minimum Gasteiger partial charge on any atom is -0.507 e. The van der Waals surface area contributed by atoms with E-state index in [4.69, 9.17) is 0 Å². The minimum absolute atomic E-state index is 0.281. The first-order valence-corrected chi connectivity index (χ1v) is 6.21. The second-order valence-electron chi connectivity index (χ2n) is 4.01. The van der Waals surface area contributed by atoms with Gasteiger partial charge in [0.15, 0.2) is 0 Å². The van der Waals surface area contributed by atoms with Gasteiger partial charge in [-0.15, -0.1) is 11.3 Å². The largest absolute Gasteiger partial charge is 0.507 e. The molecule has 3 heteroatoms. The number of benzene rings is 2. The van der Waals surface area contributed by atoms with Crippen LogP contribution in [0.1, 0.15) is 5.56 Å². The van der Waals surface area contributed by atoms with Gasteiger partial charge in [0, 0.05) is 0 Å². The third kappa shape index (κ3) is 1.78. The number of nitrogens with zero attached hydrogens (tertiary/aromatic N) is 1. The van der Waals surface area contributed by atoms with Crippen LogP contribution in [0.5, 0.6) is 5.75 Å². The molecule has 1 aromatic heterocycles. The molecule has 84 valence electrons. The number of phenolic OH excluding ortho intramolecular Hbond substituents is 1. The maximum Gasteiger partial charge on any atom is 0.128 e. The molecule has 0 fully saturated rings. The summed E-state index contributed by atoms with van der Waals surface area (Å²) in [6.45, 7) is 2.07. The Morgan fingerprint density at radius 2 is 1.94 bits per heavy atom. The standard InChI is InChI=1S/C14H11NOS/c1-9-6-7-11-13(8-9)17-14(15-11)10-4-2-3-5-12(10)16/h2-8,16H,1H3. The van der Waals surface area contributed by atoms with Crippen molar-refractivity contribution in [3.8, 4) is 16.3 Å². The maximum atomic E-state index is 9.81. The predicted molar refractivity (Wildman–Crippen MR) is 71.5 cm³/mol. The molecule has 3 rings (SSSR count). The average Bonchev–Trinajstić information content (AvgIpc) is 2.72.